The summed E-state index contributed by atoms with van der Waals surface area (Å²) in [5, 5.41) is 14.6. The first-order chi connectivity index (χ1) is 9.29. The highest BCUT2D eigenvalue weighted by atomic mass is 35.5. The number of benzene rings is 1. The van der Waals surface area contributed by atoms with Crippen LogP contribution < -0.4 is 10.6 Å². The van der Waals surface area contributed by atoms with E-state index in [4.69, 9.17) is 16.7 Å². The minimum Gasteiger partial charge on any atom is -0.480 e. The van der Waals surface area contributed by atoms with Crippen LogP contribution in [0.4, 0.5) is 10.5 Å². The van der Waals surface area contributed by atoms with Crippen molar-refractivity contribution in [3.8, 4) is 0 Å². The molecule has 2 amide bonds. The van der Waals surface area contributed by atoms with E-state index in [-0.39, 0.29) is 5.92 Å². The fraction of sp³-hybridized carbons (Fsp3) is 0.429. The zero-order valence-electron chi connectivity index (χ0n) is 11.7. The zero-order valence-corrected chi connectivity index (χ0v) is 12.5. The molecule has 0 saturated carbocycles. The highest BCUT2D eigenvalue weighted by molar-refractivity contribution is 6.31. The van der Waals surface area contributed by atoms with Crippen LogP contribution in [0.5, 0.6) is 0 Å². The summed E-state index contributed by atoms with van der Waals surface area (Å²) in [7, 11) is 0. The molecule has 0 saturated heterocycles. The summed E-state index contributed by atoms with van der Waals surface area (Å²) in [5.74, 6) is -0.874. The Bertz CT molecular complexity index is 503. The van der Waals surface area contributed by atoms with Crippen molar-refractivity contribution >= 4 is 29.3 Å². The van der Waals surface area contributed by atoms with Crippen molar-refractivity contribution < 1.29 is 14.7 Å². The molecule has 20 heavy (non-hydrogen) atoms. The van der Waals surface area contributed by atoms with Crippen LogP contribution >= 0.6 is 11.6 Å². The first kappa shape index (κ1) is 16.3. The lowest BCUT2D eigenvalue weighted by molar-refractivity contribution is -0.139. The van der Waals surface area contributed by atoms with E-state index in [0.29, 0.717) is 17.1 Å². The predicted octanol–water partition coefficient (Wildman–Crippen LogP) is 3.27. The van der Waals surface area contributed by atoms with Crippen molar-refractivity contribution in [3.63, 3.8) is 0 Å². The highest BCUT2D eigenvalue weighted by Crippen LogP contribution is 2.20. The average molecular weight is 299 g/mol. The monoisotopic (exact) mass is 298 g/mol. The van der Waals surface area contributed by atoms with Gasteiger partial charge in [-0.05, 0) is 37.0 Å². The second kappa shape index (κ2) is 7.14. The van der Waals surface area contributed by atoms with Crippen molar-refractivity contribution in [3.05, 3.63) is 28.8 Å². The Hall–Kier alpha value is -1.75. The Labute approximate surface area is 123 Å². The van der Waals surface area contributed by atoms with E-state index >= 15 is 0 Å². The molecule has 0 unspecified atom stereocenters. The number of anilines is 1. The molecule has 0 aliphatic rings. The van der Waals surface area contributed by atoms with E-state index in [9.17, 15) is 9.59 Å². The smallest absolute Gasteiger partial charge is 0.326 e. The topological polar surface area (TPSA) is 78.4 Å². The van der Waals surface area contributed by atoms with Crippen molar-refractivity contribution in [1.82, 2.24) is 5.32 Å². The number of carbonyl (C=O) groups excluding carboxylic acids is 1. The van der Waals surface area contributed by atoms with Crippen LogP contribution in [0.15, 0.2) is 18.2 Å². The van der Waals surface area contributed by atoms with Crippen LogP contribution in [-0.4, -0.2) is 23.1 Å². The lowest BCUT2D eigenvalue weighted by atomic mass is 10.0. The Morgan fingerprint density at radius 2 is 2.00 bits per heavy atom. The normalized spacial score (nSPS) is 12.1. The summed E-state index contributed by atoms with van der Waals surface area (Å²) >= 11 is 5.86. The third-order valence-corrected chi connectivity index (χ3v) is 2.99. The summed E-state index contributed by atoms with van der Waals surface area (Å²) in [6, 6.07) is 3.66. The number of amides is 2. The molecule has 6 heteroatoms. The SMILES string of the molecule is Cc1ccc(Cl)cc1NC(=O)N[C@H](CC(C)C)C(=O)O. The molecule has 0 aliphatic heterocycles. The maximum atomic E-state index is 11.8. The fourth-order valence-corrected chi connectivity index (χ4v) is 1.91. The number of nitrogens with one attached hydrogen (secondary N) is 2. The molecule has 0 spiro atoms. The highest BCUT2D eigenvalue weighted by Gasteiger charge is 2.21. The maximum Gasteiger partial charge on any atom is 0.326 e. The number of halogens is 1. The number of carbonyl (C=O) groups is 2. The first-order valence-corrected chi connectivity index (χ1v) is 6.74. The molecule has 110 valence electrons. The van der Waals surface area contributed by atoms with E-state index in [0.717, 1.165) is 5.56 Å². The van der Waals surface area contributed by atoms with Gasteiger partial charge in [0.25, 0.3) is 0 Å². The van der Waals surface area contributed by atoms with Gasteiger partial charge in [0.05, 0.1) is 0 Å². The van der Waals surface area contributed by atoms with E-state index in [1.54, 1.807) is 18.2 Å². The van der Waals surface area contributed by atoms with Crippen molar-refractivity contribution in [2.75, 3.05) is 5.32 Å². The third kappa shape index (κ3) is 5.09. The number of hydrogen-bond donors (Lipinski definition) is 3. The van der Waals surface area contributed by atoms with Gasteiger partial charge in [0, 0.05) is 10.7 Å². The molecule has 0 radical (unpaired) electrons. The number of aliphatic carboxylic acids is 1. The van der Waals surface area contributed by atoms with E-state index < -0.39 is 18.0 Å². The predicted molar refractivity (Wildman–Crippen MR) is 79.2 cm³/mol. The number of rotatable bonds is 5. The molecule has 0 aromatic heterocycles. The molecule has 0 aliphatic carbocycles. The summed E-state index contributed by atoms with van der Waals surface area (Å²) in [4.78, 5) is 22.9. The van der Waals surface area contributed by atoms with Gasteiger partial charge in [0.1, 0.15) is 6.04 Å². The second-order valence-electron chi connectivity index (χ2n) is 5.08. The average Bonchev–Trinajstić information content (AvgIpc) is 2.32. The van der Waals surface area contributed by atoms with Gasteiger partial charge >= 0.3 is 12.0 Å². The molecule has 5 nitrogen and oxygen atoms in total. The number of hydrogen-bond acceptors (Lipinski definition) is 2. The van der Waals surface area contributed by atoms with E-state index in [1.165, 1.54) is 0 Å². The van der Waals surface area contributed by atoms with Gasteiger partial charge in [0.2, 0.25) is 0 Å². The molecule has 1 aromatic carbocycles. The molecule has 0 heterocycles. The maximum absolute atomic E-state index is 11.8. The minimum absolute atomic E-state index is 0.171. The number of aryl methyl sites for hydroxylation is 1. The van der Waals surface area contributed by atoms with Gasteiger partial charge in [-0.1, -0.05) is 31.5 Å². The van der Waals surface area contributed by atoms with Crippen LogP contribution in [0.1, 0.15) is 25.8 Å². The summed E-state index contributed by atoms with van der Waals surface area (Å²) in [6.45, 7) is 5.63. The van der Waals surface area contributed by atoms with Crippen molar-refractivity contribution in [2.24, 2.45) is 5.92 Å². The van der Waals surface area contributed by atoms with E-state index in [1.807, 2.05) is 20.8 Å². The Balaban J connectivity index is 2.70. The van der Waals surface area contributed by atoms with Gasteiger partial charge in [-0.25, -0.2) is 9.59 Å². The minimum atomic E-state index is -1.04. The number of urea groups is 1. The zero-order chi connectivity index (χ0) is 15.3. The van der Waals surface area contributed by atoms with Crippen LogP contribution in [-0.2, 0) is 4.79 Å². The molecule has 1 atom stereocenters. The molecule has 0 fully saturated rings. The van der Waals surface area contributed by atoms with Crippen LogP contribution in [0.25, 0.3) is 0 Å². The van der Waals surface area contributed by atoms with Gasteiger partial charge < -0.3 is 15.7 Å². The van der Waals surface area contributed by atoms with Crippen LogP contribution in [0.3, 0.4) is 0 Å². The van der Waals surface area contributed by atoms with Crippen LogP contribution in [0, 0.1) is 12.8 Å². The largest absolute Gasteiger partial charge is 0.480 e. The van der Waals surface area contributed by atoms with Gasteiger partial charge in [-0.3, -0.25) is 0 Å². The van der Waals surface area contributed by atoms with Crippen molar-refractivity contribution in [2.45, 2.75) is 33.2 Å². The van der Waals surface area contributed by atoms with Gasteiger partial charge in [0.15, 0.2) is 0 Å². The molecule has 1 aromatic rings. The van der Waals surface area contributed by atoms with Crippen molar-refractivity contribution in [1.29, 1.82) is 0 Å². The molecule has 1 rings (SSSR count). The third-order valence-electron chi connectivity index (χ3n) is 2.76. The Morgan fingerprint density at radius 3 is 2.55 bits per heavy atom. The summed E-state index contributed by atoms with van der Waals surface area (Å²) in [6.07, 6.45) is 0.372. The molecular weight excluding hydrogens is 280 g/mol. The number of carboxylic acids is 1. The lowest BCUT2D eigenvalue weighted by Gasteiger charge is -2.17. The van der Waals surface area contributed by atoms with Gasteiger partial charge in [-0.2, -0.15) is 0 Å². The molecule has 3 N–H and O–H groups in total. The summed E-state index contributed by atoms with van der Waals surface area (Å²) in [5.41, 5.74) is 1.41. The Kier molecular flexibility index (Phi) is 5.82. The standard InChI is InChI=1S/C14H19ClN2O3/c1-8(2)6-12(13(18)19)17-14(20)16-11-7-10(15)5-4-9(11)3/h4-5,7-8,12H,6H2,1-3H3,(H,18,19)(H2,16,17,20)/t12-/m1/s1. The number of carboxylic acid groups (broad SMARTS) is 1. The molecule has 0 bridgehead atoms. The van der Waals surface area contributed by atoms with Crippen LogP contribution in [0.2, 0.25) is 5.02 Å². The molecular formula is C14H19ClN2O3. The van der Waals surface area contributed by atoms with Gasteiger partial charge in [-0.15, -0.1) is 0 Å². The Morgan fingerprint density at radius 1 is 1.35 bits per heavy atom. The fourth-order valence-electron chi connectivity index (χ4n) is 1.74. The van der Waals surface area contributed by atoms with E-state index in [2.05, 4.69) is 10.6 Å². The quantitative estimate of drug-likeness (QED) is 0.780. The lowest BCUT2D eigenvalue weighted by Crippen LogP contribution is -2.43. The summed E-state index contributed by atoms with van der Waals surface area (Å²) < 4.78 is 0. The second-order valence-corrected chi connectivity index (χ2v) is 5.51. The first-order valence-electron chi connectivity index (χ1n) is 6.36.